The highest BCUT2D eigenvalue weighted by Gasteiger charge is 2.52. The van der Waals surface area contributed by atoms with E-state index in [-0.39, 0.29) is 18.5 Å². The third-order valence-electron chi connectivity index (χ3n) is 7.28. The largest absolute Gasteiger partial charge is 0.543 e. The van der Waals surface area contributed by atoms with E-state index < -0.39 is 14.3 Å². The zero-order chi connectivity index (χ0) is 26.6. The van der Waals surface area contributed by atoms with E-state index in [1.165, 1.54) is 12.1 Å². The van der Waals surface area contributed by atoms with Gasteiger partial charge in [-0.2, -0.15) is 0 Å². The molecule has 0 saturated heterocycles. The molecule has 0 aliphatic carbocycles. The van der Waals surface area contributed by atoms with Crippen molar-refractivity contribution >= 4 is 20.0 Å². The molecule has 0 bridgehead atoms. The van der Waals surface area contributed by atoms with Gasteiger partial charge in [0.05, 0.1) is 13.2 Å². The second kappa shape index (κ2) is 11.5. The molecule has 0 amide bonds. The molecule has 0 aromatic heterocycles. The lowest BCUT2D eigenvalue weighted by atomic mass is 9.98. The van der Waals surface area contributed by atoms with Crippen molar-refractivity contribution in [2.45, 2.75) is 84.2 Å². The molecule has 2 aromatic rings. The molecule has 1 atom stereocenters. The first-order valence-corrected chi connectivity index (χ1v) is 15.0. The van der Waals surface area contributed by atoms with Crippen molar-refractivity contribution < 1.29 is 23.1 Å². The van der Waals surface area contributed by atoms with Gasteiger partial charge in [0.15, 0.2) is 5.70 Å². The molecule has 0 saturated carbocycles. The van der Waals surface area contributed by atoms with Crippen LogP contribution in [0.15, 0.2) is 60.0 Å². The van der Waals surface area contributed by atoms with Crippen molar-refractivity contribution in [3.05, 3.63) is 71.4 Å². The quantitative estimate of drug-likeness (QED) is 0.229. The van der Waals surface area contributed by atoms with Crippen LogP contribution in [0.25, 0.3) is 0 Å². The smallest absolute Gasteiger partial charge is 0.358 e. The first-order valence-electron chi connectivity index (χ1n) is 12.8. The lowest BCUT2D eigenvalue weighted by Crippen LogP contribution is -2.56. The second-order valence-electron chi connectivity index (χ2n) is 10.3. The predicted molar refractivity (Wildman–Crippen MR) is 145 cm³/mol. The zero-order valence-electron chi connectivity index (χ0n) is 22.8. The molecule has 36 heavy (non-hydrogen) atoms. The normalized spacial score (nSPS) is 16.0. The Morgan fingerprint density at radius 2 is 1.61 bits per heavy atom. The van der Waals surface area contributed by atoms with E-state index >= 15 is 0 Å². The molecule has 1 heterocycles. The number of nitrogens with zero attached hydrogens (tertiary/aromatic N) is 1. The van der Waals surface area contributed by atoms with E-state index in [9.17, 15) is 9.18 Å². The molecule has 5 nitrogen and oxygen atoms in total. The van der Waals surface area contributed by atoms with Crippen molar-refractivity contribution in [1.29, 1.82) is 0 Å². The highest BCUT2D eigenvalue weighted by molar-refractivity contribution is 6.78. The molecule has 1 aliphatic heterocycles. The number of anilines is 1. The summed E-state index contributed by atoms with van der Waals surface area (Å²) >= 11 is 0. The number of rotatable bonds is 11. The molecule has 0 fully saturated rings. The fourth-order valence-electron chi connectivity index (χ4n) is 5.58. The summed E-state index contributed by atoms with van der Waals surface area (Å²) in [5, 5.41) is 0. The average molecular weight is 514 g/mol. The Balaban J connectivity index is 2.02. The third-order valence-corrected chi connectivity index (χ3v) is 13.3. The van der Waals surface area contributed by atoms with Gasteiger partial charge < -0.3 is 18.8 Å². The number of carbonyl (C=O) groups excluding carboxylic acids is 1. The molecule has 196 valence electrons. The minimum atomic E-state index is -2.33. The van der Waals surface area contributed by atoms with Crippen LogP contribution in [0.2, 0.25) is 16.6 Å². The first-order chi connectivity index (χ1) is 17.1. The molecule has 1 aliphatic rings. The molecule has 0 N–H and O–H groups in total. The van der Waals surface area contributed by atoms with Crippen molar-refractivity contribution in [3.8, 4) is 5.75 Å². The molecule has 3 rings (SSSR count). The Kier molecular flexibility index (Phi) is 8.87. The molecule has 2 aromatic carbocycles. The summed E-state index contributed by atoms with van der Waals surface area (Å²) in [5.74, 6) is 0.610. The van der Waals surface area contributed by atoms with Gasteiger partial charge in [0.1, 0.15) is 23.9 Å². The van der Waals surface area contributed by atoms with E-state index in [0.717, 1.165) is 17.7 Å². The van der Waals surface area contributed by atoms with Gasteiger partial charge in [0.2, 0.25) is 0 Å². The number of carbonyl (C=O) groups is 1. The number of hydrogen-bond donors (Lipinski definition) is 0. The molecule has 0 radical (unpaired) electrons. The summed E-state index contributed by atoms with van der Waals surface area (Å²) in [6.07, 6.45) is 0.722. The van der Waals surface area contributed by atoms with Crippen LogP contribution in [-0.2, 0) is 20.6 Å². The van der Waals surface area contributed by atoms with E-state index in [2.05, 4.69) is 48.5 Å². The van der Waals surface area contributed by atoms with Crippen molar-refractivity contribution in [2.24, 2.45) is 0 Å². The van der Waals surface area contributed by atoms with Crippen molar-refractivity contribution in [1.82, 2.24) is 0 Å². The Labute approximate surface area is 216 Å². The van der Waals surface area contributed by atoms with Crippen LogP contribution >= 0.6 is 0 Å². The number of ether oxygens (including phenoxy) is 2. The lowest BCUT2D eigenvalue weighted by Gasteiger charge is -2.51. The zero-order valence-corrected chi connectivity index (χ0v) is 23.8. The van der Waals surface area contributed by atoms with E-state index in [1.807, 2.05) is 35.2 Å². The van der Waals surface area contributed by atoms with Crippen LogP contribution < -0.4 is 9.64 Å². The molecular weight excluding hydrogens is 473 g/mol. The Hall–Kier alpha value is -2.80. The van der Waals surface area contributed by atoms with Gasteiger partial charge >= 0.3 is 5.97 Å². The number of hydrogen-bond acceptors (Lipinski definition) is 5. The van der Waals surface area contributed by atoms with Gasteiger partial charge in [-0.25, -0.2) is 9.18 Å². The van der Waals surface area contributed by atoms with Crippen LogP contribution in [0.5, 0.6) is 5.75 Å². The summed E-state index contributed by atoms with van der Waals surface area (Å²) in [6.45, 7) is 15.5. The summed E-state index contributed by atoms with van der Waals surface area (Å²) < 4.78 is 32.2. The van der Waals surface area contributed by atoms with Gasteiger partial charge in [-0.05, 0) is 58.9 Å². The minimum absolute atomic E-state index is 0.120. The van der Waals surface area contributed by atoms with E-state index in [1.54, 1.807) is 13.2 Å². The summed E-state index contributed by atoms with van der Waals surface area (Å²) in [4.78, 5) is 15.4. The average Bonchev–Trinajstić information content (AvgIpc) is 2.82. The Morgan fingerprint density at radius 3 is 2.11 bits per heavy atom. The van der Waals surface area contributed by atoms with Crippen molar-refractivity contribution in [3.63, 3.8) is 0 Å². The SMILES string of the molecule is CC[C@H]1C(O[Si](C(C)C)(C(C)C)C(C)C)=C(C(=O)OCc2ccc(OC)cc2)N1c1cccc(F)c1. The van der Waals surface area contributed by atoms with Gasteiger partial charge in [0.25, 0.3) is 8.32 Å². The molecular formula is C29H40FNO4Si. The first kappa shape index (κ1) is 27.8. The Bertz CT molecular complexity index is 1060. The Morgan fingerprint density at radius 1 is 1.00 bits per heavy atom. The van der Waals surface area contributed by atoms with Crippen LogP contribution in [0.3, 0.4) is 0 Å². The number of esters is 1. The number of halogens is 1. The maximum atomic E-state index is 14.2. The summed E-state index contributed by atoms with van der Waals surface area (Å²) in [5.41, 5.74) is 2.90. The van der Waals surface area contributed by atoms with Crippen LogP contribution in [-0.4, -0.2) is 27.4 Å². The standard InChI is InChI=1S/C29H40FNO4Si/c1-9-26-28(35-36(19(2)3,20(4)5)21(6)7)27(31(26)24-12-10-11-23(30)17-24)29(32)34-18-22-13-15-25(33-8)16-14-22/h10-17,19-21,26H,9,18H2,1-8H3/t26-/m0/s1. The van der Waals surface area contributed by atoms with Crippen LogP contribution in [0.4, 0.5) is 10.1 Å². The van der Waals surface area contributed by atoms with Gasteiger partial charge in [-0.1, -0.05) is 66.7 Å². The maximum Gasteiger partial charge on any atom is 0.358 e. The molecule has 0 unspecified atom stereocenters. The van der Waals surface area contributed by atoms with E-state index in [4.69, 9.17) is 13.9 Å². The fraction of sp³-hybridized carbons (Fsp3) is 0.483. The van der Waals surface area contributed by atoms with Gasteiger partial charge in [0, 0.05) is 5.69 Å². The van der Waals surface area contributed by atoms with Gasteiger partial charge in [-0.3, -0.25) is 0 Å². The molecule has 7 heteroatoms. The second-order valence-corrected chi connectivity index (χ2v) is 15.7. The minimum Gasteiger partial charge on any atom is -0.543 e. The van der Waals surface area contributed by atoms with Crippen LogP contribution in [0.1, 0.15) is 60.5 Å². The monoisotopic (exact) mass is 513 g/mol. The summed E-state index contributed by atoms with van der Waals surface area (Å²) in [7, 11) is -0.715. The predicted octanol–water partition coefficient (Wildman–Crippen LogP) is 7.58. The highest BCUT2D eigenvalue weighted by atomic mass is 28.4. The van der Waals surface area contributed by atoms with Gasteiger partial charge in [-0.15, -0.1) is 0 Å². The summed E-state index contributed by atoms with van der Waals surface area (Å²) in [6, 6.07) is 13.6. The lowest BCUT2D eigenvalue weighted by molar-refractivity contribution is -0.141. The molecule has 0 spiro atoms. The number of benzene rings is 2. The number of methoxy groups -OCH3 is 1. The maximum absolute atomic E-state index is 14.2. The fourth-order valence-corrected chi connectivity index (χ4v) is 10.9. The van der Waals surface area contributed by atoms with E-state index in [0.29, 0.717) is 33.8 Å². The highest BCUT2D eigenvalue weighted by Crippen LogP contribution is 2.48. The van der Waals surface area contributed by atoms with Crippen LogP contribution in [0, 0.1) is 5.82 Å². The van der Waals surface area contributed by atoms with Crippen molar-refractivity contribution in [2.75, 3.05) is 12.0 Å². The topological polar surface area (TPSA) is 48.0 Å². The third kappa shape index (κ3) is 5.31.